The van der Waals surface area contributed by atoms with E-state index in [4.69, 9.17) is 4.98 Å². The van der Waals surface area contributed by atoms with E-state index < -0.39 is 9.84 Å². The molecule has 8 nitrogen and oxygen atoms in total. The summed E-state index contributed by atoms with van der Waals surface area (Å²) in [5, 5.41) is 0. The van der Waals surface area contributed by atoms with Gasteiger partial charge < -0.3 is 14.7 Å². The van der Waals surface area contributed by atoms with Crippen LogP contribution in [-0.2, 0) is 14.6 Å². The SMILES string of the molecule is CCN(c1cc(C)nc(N2CCN(C(C)=O)CC2)n1)C1CCS(=O)(=O)C1. The van der Waals surface area contributed by atoms with E-state index in [1.165, 1.54) is 0 Å². The maximum atomic E-state index is 11.9. The van der Waals surface area contributed by atoms with E-state index in [0.717, 1.165) is 11.5 Å². The minimum absolute atomic E-state index is 0.0262. The van der Waals surface area contributed by atoms with Crippen molar-refractivity contribution < 1.29 is 13.2 Å². The molecule has 0 radical (unpaired) electrons. The van der Waals surface area contributed by atoms with Gasteiger partial charge in [0.2, 0.25) is 11.9 Å². The molecule has 0 N–H and O–H groups in total. The highest BCUT2D eigenvalue weighted by atomic mass is 32.2. The number of piperazine rings is 1. The first-order valence-electron chi connectivity index (χ1n) is 9.12. The summed E-state index contributed by atoms with van der Waals surface area (Å²) in [6.45, 7) is 8.98. The Morgan fingerprint density at radius 3 is 2.50 bits per heavy atom. The zero-order valence-electron chi connectivity index (χ0n) is 15.7. The Morgan fingerprint density at radius 1 is 1.27 bits per heavy atom. The van der Waals surface area contributed by atoms with Gasteiger partial charge in [0.15, 0.2) is 9.84 Å². The summed E-state index contributed by atoms with van der Waals surface area (Å²) < 4.78 is 23.7. The third-order valence-electron chi connectivity index (χ3n) is 5.12. The second kappa shape index (κ2) is 7.38. The average Bonchev–Trinajstić information content (AvgIpc) is 2.95. The molecule has 2 aliphatic rings. The molecule has 1 atom stereocenters. The summed E-state index contributed by atoms with van der Waals surface area (Å²) in [6, 6.07) is 1.89. The third kappa shape index (κ3) is 4.08. The number of rotatable bonds is 4. The molecule has 2 aliphatic heterocycles. The molecule has 1 unspecified atom stereocenters. The van der Waals surface area contributed by atoms with Crippen LogP contribution in [-0.4, -0.2) is 79.5 Å². The van der Waals surface area contributed by atoms with Crippen LogP contribution in [0.3, 0.4) is 0 Å². The number of carbonyl (C=O) groups is 1. The van der Waals surface area contributed by atoms with Gasteiger partial charge in [0.1, 0.15) is 5.82 Å². The molecule has 3 heterocycles. The number of anilines is 2. The van der Waals surface area contributed by atoms with Crippen molar-refractivity contribution in [2.24, 2.45) is 0 Å². The number of sulfone groups is 1. The van der Waals surface area contributed by atoms with Crippen molar-refractivity contribution in [2.75, 3.05) is 54.0 Å². The van der Waals surface area contributed by atoms with Crippen LogP contribution in [0, 0.1) is 6.92 Å². The Bertz CT molecular complexity index is 775. The summed E-state index contributed by atoms with van der Waals surface area (Å²) >= 11 is 0. The van der Waals surface area contributed by atoms with Crippen molar-refractivity contribution in [3.63, 3.8) is 0 Å². The van der Waals surface area contributed by atoms with Crippen LogP contribution in [0.1, 0.15) is 26.0 Å². The molecular weight excluding hydrogens is 354 g/mol. The fraction of sp³-hybridized carbons (Fsp3) is 0.706. The van der Waals surface area contributed by atoms with Crippen molar-refractivity contribution in [2.45, 2.75) is 33.2 Å². The Balaban J connectivity index is 1.80. The van der Waals surface area contributed by atoms with E-state index in [1.807, 2.05) is 24.8 Å². The summed E-state index contributed by atoms with van der Waals surface area (Å²) in [5.41, 5.74) is 0.860. The molecule has 1 aromatic heterocycles. The summed E-state index contributed by atoms with van der Waals surface area (Å²) in [4.78, 5) is 26.8. The Kier molecular flexibility index (Phi) is 5.36. The summed E-state index contributed by atoms with van der Waals surface area (Å²) in [6.07, 6.45) is 0.645. The highest BCUT2D eigenvalue weighted by molar-refractivity contribution is 7.91. The molecule has 0 spiro atoms. The van der Waals surface area contributed by atoms with E-state index >= 15 is 0 Å². The number of aryl methyl sites for hydroxylation is 1. The first-order valence-corrected chi connectivity index (χ1v) is 10.9. The molecule has 1 amide bonds. The van der Waals surface area contributed by atoms with Gasteiger partial charge in [0.05, 0.1) is 11.5 Å². The highest BCUT2D eigenvalue weighted by Gasteiger charge is 2.33. The zero-order valence-corrected chi connectivity index (χ0v) is 16.5. The van der Waals surface area contributed by atoms with Gasteiger partial charge in [-0.3, -0.25) is 4.79 Å². The largest absolute Gasteiger partial charge is 0.353 e. The fourth-order valence-electron chi connectivity index (χ4n) is 3.67. The van der Waals surface area contributed by atoms with Crippen LogP contribution < -0.4 is 9.80 Å². The van der Waals surface area contributed by atoms with Crippen LogP contribution in [0.5, 0.6) is 0 Å². The smallest absolute Gasteiger partial charge is 0.227 e. The van der Waals surface area contributed by atoms with E-state index in [0.29, 0.717) is 45.1 Å². The lowest BCUT2D eigenvalue weighted by Crippen LogP contribution is -2.48. The lowest BCUT2D eigenvalue weighted by atomic mass is 10.2. The van der Waals surface area contributed by atoms with Gasteiger partial charge in [-0.1, -0.05) is 0 Å². The topological polar surface area (TPSA) is 86.7 Å². The zero-order chi connectivity index (χ0) is 18.9. The highest BCUT2D eigenvalue weighted by Crippen LogP contribution is 2.25. The number of amides is 1. The van der Waals surface area contributed by atoms with Gasteiger partial charge in [0.25, 0.3) is 0 Å². The molecule has 2 saturated heterocycles. The van der Waals surface area contributed by atoms with E-state index in [-0.39, 0.29) is 23.5 Å². The molecule has 144 valence electrons. The predicted octanol–water partition coefficient (Wildman–Crippen LogP) is 0.467. The maximum Gasteiger partial charge on any atom is 0.227 e. The monoisotopic (exact) mass is 381 g/mol. The number of hydrogen-bond acceptors (Lipinski definition) is 7. The average molecular weight is 382 g/mol. The molecule has 0 saturated carbocycles. The first-order chi connectivity index (χ1) is 12.3. The van der Waals surface area contributed by atoms with Gasteiger partial charge in [-0.05, 0) is 20.3 Å². The number of carbonyl (C=O) groups excluding carboxylic acids is 1. The fourth-order valence-corrected chi connectivity index (χ4v) is 5.41. The Hall–Kier alpha value is -1.90. The van der Waals surface area contributed by atoms with Crippen molar-refractivity contribution in [3.05, 3.63) is 11.8 Å². The Morgan fingerprint density at radius 2 is 1.96 bits per heavy atom. The van der Waals surface area contributed by atoms with E-state index in [1.54, 1.807) is 6.92 Å². The van der Waals surface area contributed by atoms with Gasteiger partial charge in [0, 0.05) is 57.4 Å². The minimum Gasteiger partial charge on any atom is -0.353 e. The standard InChI is InChI=1S/C17H27N5O3S/c1-4-22(15-5-10-26(24,25)12-15)16-11-13(2)18-17(19-16)21-8-6-20(7-9-21)14(3)23/h11,15H,4-10,12H2,1-3H3. The maximum absolute atomic E-state index is 11.9. The Labute approximate surface area is 155 Å². The van der Waals surface area contributed by atoms with E-state index in [2.05, 4.69) is 14.8 Å². The van der Waals surface area contributed by atoms with Crippen LogP contribution in [0.4, 0.5) is 11.8 Å². The molecule has 9 heteroatoms. The van der Waals surface area contributed by atoms with Gasteiger partial charge in [-0.25, -0.2) is 13.4 Å². The second-order valence-electron chi connectivity index (χ2n) is 7.00. The van der Waals surface area contributed by atoms with Crippen molar-refractivity contribution in [3.8, 4) is 0 Å². The van der Waals surface area contributed by atoms with Gasteiger partial charge >= 0.3 is 0 Å². The van der Waals surface area contributed by atoms with Crippen molar-refractivity contribution >= 4 is 27.5 Å². The first kappa shape index (κ1) is 18.9. The van der Waals surface area contributed by atoms with E-state index in [9.17, 15) is 13.2 Å². The van der Waals surface area contributed by atoms with Gasteiger partial charge in [-0.15, -0.1) is 0 Å². The molecular formula is C17H27N5O3S. The van der Waals surface area contributed by atoms with Crippen molar-refractivity contribution in [1.29, 1.82) is 0 Å². The third-order valence-corrected chi connectivity index (χ3v) is 6.87. The summed E-state index contributed by atoms with van der Waals surface area (Å²) in [7, 11) is -2.95. The van der Waals surface area contributed by atoms with Crippen molar-refractivity contribution in [1.82, 2.24) is 14.9 Å². The van der Waals surface area contributed by atoms with Gasteiger partial charge in [-0.2, -0.15) is 4.98 Å². The minimum atomic E-state index is -2.95. The van der Waals surface area contributed by atoms with Crippen LogP contribution in [0.2, 0.25) is 0 Å². The molecule has 2 fully saturated rings. The second-order valence-corrected chi connectivity index (χ2v) is 9.23. The predicted molar refractivity (Wildman–Crippen MR) is 101 cm³/mol. The molecule has 3 rings (SSSR count). The summed E-state index contributed by atoms with van der Waals surface area (Å²) in [5.74, 6) is 1.97. The number of nitrogens with zero attached hydrogens (tertiary/aromatic N) is 5. The normalized spacial score (nSPS) is 22.5. The van der Waals surface area contributed by atoms with Crippen LogP contribution in [0.15, 0.2) is 6.07 Å². The molecule has 26 heavy (non-hydrogen) atoms. The lowest BCUT2D eigenvalue weighted by molar-refractivity contribution is -0.129. The number of aromatic nitrogens is 2. The number of hydrogen-bond donors (Lipinski definition) is 0. The van der Waals surface area contributed by atoms with Crippen LogP contribution in [0.25, 0.3) is 0 Å². The molecule has 0 aliphatic carbocycles. The quantitative estimate of drug-likeness (QED) is 0.749. The molecule has 1 aromatic rings. The molecule has 0 bridgehead atoms. The molecule has 0 aromatic carbocycles. The lowest BCUT2D eigenvalue weighted by Gasteiger charge is -2.35. The van der Waals surface area contributed by atoms with Crippen LogP contribution >= 0.6 is 0 Å².